The Bertz CT molecular complexity index is 1780. The van der Waals surface area contributed by atoms with Gasteiger partial charge in [0.05, 0.1) is 21.2 Å². The molecule has 0 radical (unpaired) electrons. The van der Waals surface area contributed by atoms with Gasteiger partial charge in [-0.25, -0.2) is 8.42 Å². The lowest BCUT2D eigenvalue weighted by molar-refractivity contribution is -0.140. The third-order valence-electron chi connectivity index (χ3n) is 7.02. The largest absolute Gasteiger partial charge is 0.417 e. The molecule has 0 spiro atoms. The number of hydrogen-bond acceptors (Lipinski definition) is 4. The number of rotatable bonds is 12. The van der Waals surface area contributed by atoms with Crippen LogP contribution in [-0.4, -0.2) is 44.3 Å². The number of amides is 2. The lowest BCUT2D eigenvalue weighted by Crippen LogP contribution is -2.53. The van der Waals surface area contributed by atoms with Gasteiger partial charge in [-0.05, 0) is 60.5 Å². The number of sulfonamides is 1. The van der Waals surface area contributed by atoms with Gasteiger partial charge < -0.3 is 10.2 Å². The van der Waals surface area contributed by atoms with Crippen LogP contribution in [0.15, 0.2) is 112 Å². The summed E-state index contributed by atoms with van der Waals surface area (Å²) in [6, 6.07) is 24.6. The first kappa shape index (κ1) is 35.0. The molecule has 2 amide bonds. The van der Waals surface area contributed by atoms with E-state index in [2.05, 4.69) is 21.2 Å². The number of benzene rings is 4. The van der Waals surface area contributed by atoms with Crippen LogP contribution in [0.2, 0.25) is 5.02 Å². The topological polar surface area (TPSA) is 86.8 Å². The Morgan fingerprint density at radius 3 is 2.13 bits per heavy atom. The number of hydrogen-bond donors (Lipinski definition) is 1. The van der Waals surface area contributed by atoms with Crippen molar-refractivity contribution in [2.24, 2.45) is 0 Å². The molecular formula is C33H30BrClF3N3O4S. The molecule has 0 heterocycles. The van der Waals surface area contributed by atoms with Crippen LogP contribution in [0.3, 0.4) is 0 Å². The van der Waals surface area contributed by atoms with Crippen molar-refractivity contribution in [1.82, 2.24) is 10.2 Å². The Balaban J connectivity index is 1.85. The number of anilines is 1. The molecule has 0 fully saturated rings. The van der Waals surface area contributed by atoms with Gasteiger partial charge in [-0.1, -0.05) is 88.2 Å². The highest BCUT2D eigenvalue weighted by Gasteiger charge is 2.37. The van der Waals surface area contributed by atoms with E-state index in [1.165, 1.54) is 29.2 Å². The first-order valence-electron chi connectivity index (χ1n) is 14.1. The monoisotopic (exact) mass is 735 g/mol. The summed E-state index contributed by atoms with van der Waals surface area (Å²) < 4.78 is 70.9. The molecule has 46 heavy (non-hydrogen) atoms. The van der Waals surface area contributed by atoms with Gasteiger partial charge in [0, 0.05) is 24.0 Å². The normalized spacial score (nSPS) is 12.3. The molecule has 4 rings (SSSR count). The van der Waals surface area contributed by atoms with E-state index in [-0.39, 0.29) is 24.4 Å². The summed E-state index contributed by atoms with van der Waals surface area (Å²) in [6.45, 7) is 0.989. The zero-order valence-corrected chi connectivity index (χ0v) is 27.7. The van der Waals surface area contributed by atoms with Crippen molar-refractivity contribution in [1.29, 1.82) is 0 Å². The molecular weight excluding hydrogens is 707 g/mol. The van der Waals surface area contributed by atoms with Gasteiger partial charge in [0.15, 0.2) is 0 Å². The summed E-state index contributed by atoms with van der Waals surface area (Å²) >= 11 is 9.26. The molecule has 4 aromatic carbocycles. The van der Waals surface area contributed by atoms with E-state index in [1.54, 1.807) is 61.5 Å². The van der Waals surface area contributed by atoms with Crippen LogP contribution in [-0.2, 0) is 38.8 Å². The summed E-state index contributed by atoms with van der Waals surface area (Å²) in [4.78, 5) is 28.9. The minimum Gasteiger partial charge on any atom is -0.355 e. The van der Waals surface area contributed by atoms with E-state index < -0.39 is 56.9 Å². The second-order valence-electron chi connectivity index (χ2n) is 10.2. The highest BCUT2D eigenvalue weighted by Crippen LogP contribution is 2.38. The molecule has 13 heteroatoms. The van der Waals surface area contributed by atoms with Gasteiger partial charge in [0.25, 0.3) is 10.0 Å². The molecule has 1 atom stereocenters. The Morgan fingerprint density at radius 2 is 1.52 bits per heavy atom. The molecule has 7 nitrogen and oxygen atoms in total. The van der Waals surface area contributed by atoms with Crippen molar-refractivity contribution in [3.05, 3.63) is 129 Å². The molecule has 0 aliphatic heterocycles. The lowest BCUT2D eigenvalue weighted by Gasteiger charge is -2.34. The first-order chi connectivity index (χ1) is 21.8. The summed E-state index contributed by atoms with van der Waals surface area (Å²) in [6.07, 6.45) is -4.80. The molecule has 0 aliphatic carbocycles. The summed E-state index contributed by atoms with van der Waals surface area (Å²) in [5.74, 6) is -1.28. The zero-order valence-electron chi connectivity index (χ0n) is 24.5. The van der Waals surface area contributed by atoms with Crippen LogP contribution >= 0.6 is 27.5 Å². The van der Waals surface area contributed by atoms with Crippen LogP contribution in [0, 0.1) is 0 Å². The Kier molecular flexibility index (Phi) is 11.5. The average Bonchev–Trinajstić information content (AvgIpc) is 3.02. The van der Waals surface area contributed by atoms with Crippen molar-refractivity contribution in [3.8, 4) is 0 Å². The van der Waals surface area contributed by atoms with E-state index in [4.69, 9.17) is 11.6 Å². The van der Waals surface area contributed by atoms with E-state index in [9.17, 15) is 31.2 Å². The van der Waals surface area contributed by atoms with E-state index in [0.29, 0.717) is 20.4 Å². The lowest BCUT2D eigenvalue weighted by atomic mass is 10.0. The number of alkyl halides is 3. The molecule has 0 unspecified atom stereocenters. The van der Waals surface area contributed by atoms with Crippen molar-refractivity contribution in [3.63, 3.8) is 0 Å². The van der Waals surface area contributed by atoms with Gasteiger partial charge >= 0.3 is 6.18 Å². The average molecular weight is 737 g/mol. The van der Waals surface area contributed by atoms with E-state index in [1.807, 2.05) is 6.07 Å². The highest BCUT2D eigenvalue weighted by molar-refractivity contribution is 9.10. The van der Waals surface area contributed by atoms with E-state index >= 15 is 0 Å². The maximum atomic E-state index is 14.4. The number of halogens is 5. The number of likely N-dealkylation sites (N-methyl/N-ethyl adjacent to an activating group) is 1. The van der Waals surface area contributed by atoms with Gasteiger partial charge in [0.1, 0.15) is 12.6 Å². The third kappa shape index (κ3) is 8.68. The predicted molar refractivity (Wildman–Crippen MR) is 175 cm³/mol. The smallest absolute Gasteiger partial charge is 0.355 e. The third-order valence-corrected chi connectivity index (χ3v) is 9.63. The number of carbonyl (C=O) groups excluding carboxylic acids is 2. The number of carbonyl (C=O) groups is 2. The van der Waals surface area contributed by atoms with E-state index in [0.717, 1.165) is 17.7 Å². The fourth-order valence-corrected chi connectivity index (χ4v) is 6.91. The van der Waals surface area contributed by atoms with Gasteiger partial charge in [-0.2, -0.15) is 13.2 Å². The Morgan fingerprint density at radius 1 is 0.891 bits per heavy atom. The van der Waals surface area contributed by atoms with Gasteiger partial charge in [0.2, 0.25) is 11.8 Å². The molecule has 242 valence electrons. The van der Waals surface area contributed by atoms with Crippen LogP contribution in [0.1, 0.15) is 23.6 Å². The van der Waals surface area contributed by atoms with Crippen LogP contribution in [0.4, 0.5) is 18.9 Å². The summed E-state index contributed by atoms with van der Waals surface area (Å²) in [5, 5.41) is 2.13. The zero-order chi connectivity index (χ0) is 33.5. The maximum absolute atomic E-state index is 14.4. The molecule has 4 aromatic rings. The standard InChI is InChI=1S/C33H30BrClF3N3O4S/c1-2-39-32(43)30(19-23-10-5-3-6-11-23)40(21-24-12-9-13-25(34)18-24)31(42)22-41(46(44,45)27-14-7-4-8-15-27)26-16-17-29(35)28(20-26)33(36,37)38/h3-18,20,30H,2,19,21-22H2,1H3,(H,39,43)/t30-/m1/s1. The predicted octanol–water partition coefficient (Wildman–Crippen LogP) is 7.09. The fourth-order valence-electron chi connectivity index (χ4n) is 4.81. The second kappa shape index (κ2) is 15.1. The van der Waals surface area contributed by atoms with Crippen LogP contribution in [0.5, 0.6) is 0 Å². The SMILES string of the molecule is CCNC(=O)[C@@H](Cc1ccccc1)N(Cc1cccc(Br)c1)C(=O)CN(c1ccc(Cl)c(C(F)(F)F)c1)S(=O)(=O)c1ccccc1. The molecule has 0 aromatic heterocycles. The molecule has 0 aliphatic rings. The van der Waals surface area contributed by atoms with Crippen molar-refractivity contribution in [2.45, 2.75) is 37.0 Å². The summed E-state index contributed by atoms with van der Waals surface area (Å²) in [5.41, 5.74) is -0.308. The first-order valence-corrected chi connectivity index (χ1v) is 16.7. The van der Waals surface area contributed by atoms with Crippen molar-refractivity contribution < 1.29 is 31.2 Å². The van der Waals surface area contributed by atoms with Crippen molar-refractivity contribution in [2.75, 3.05) is 17.4 Å². The quantitative estimate of drug-likeness (QED) is 0.168. The highest BCUT2D eigenvalue weighted by atomic mass is 79.9. The Labute approximate surface area is 279 Å². The molecule has 0 saturated carbocycles. The second-order valence-corrected chi connectivity index (χ2v) is 13.4. The van der Waals surface area contributed by atoms with Crippen molar-refractivity contribution >= 4 is 55.1 Å². The minimum atomic E-state index is -4.90. The minimum absolute atomic E-state index is 0.0943. The van der Waals surface area contributed by atoms with Crippen LogP contribution < -0.4 is 9.62 Å². The van der Waals surface area contributed by atoms with Crippen LogP contribution in [0.25, 0.3) is 0 Å². The molecule has 0 bridgehead atoms. The van der Waals surface area contributed by atoms with Gasteiger partial charge in [-0.3, -0.25) is 13.9 Å². The number of nitrogens with zero attached hydrogens (tertiary/aromatic N) is 2. The Hall–Kier alpha value is -3.87. The van der Waals surface area contributed by atoms with Gasteiger partial charge in [-0.15, -0.1) is 0 Å². The number of nitrogens with one attached hydrogen (secondary N) is 1. The maximum Gasteiger partial charge on any atom is 0.417 e. The summed E-state index contributed by atoms with van der Waals surface area (Å²) in [7, 11) is -4.59. The molecule has 1 N–H and O–H groups in total. The fraction of sp³-hybridized carbons (Fsp3) is 0.212. The molecule has 0 saturated heterocycles.